The number of aryl methyl sites for hydroxylation is 1. The normalized spacial score (nSPS) is 28.4. The number of ether oxygens (including phenoxy) is 1. The molecule has 3 aliphatic rings. The van der Waals surface area contributed by atoms with Crippen molar-refractivity contribution in [3.63, 3.8) is 0 Å². The number of halogens is 2. The van der Waals surface area contributed by atoms with E-state index in [1.807, 2.05) is 24.2 Å². The molecule has 0 spiro atoms. The van der Waals surface area contributed by atoms with Crippen molar-refractivity contribution in [2.75, 3.05) is 30.9 Å². The Bertz CT molecular complexity index is 994. The molecule has 4 nitrogen and oxygen atoms in total. The molecule has 2 aromatic rings. The van der Waals surface area contributed by atoms with Gasteiger partial charge in [-0.2, -0.15) is 11.8 Å². The van der Waals surface area contributed by atoms with Crippen LogP contribution >= 0.6 is 11.8 Å². The smallest absolute Gasteiger partial charge is 0.225 e. The lowest BCUT2D eigenvalue weighted by Gasteiger charge is -2.23. The number of fused-ring (bicyclic) bond motifs is 1. The van der Waals surface area contributed by atoms with Crippen molar-refractivity contribution < 1.29 is 13.5 Å². The van der Waals surface area contributed by atoms with Gasteiger partial charge in [0, 0.05) is 36.7 Å². The molecule has 2 fully saturated rings. The predicted molar refractivity (Wildman–Crippen MR) is 134 cm³/mol. The van der Waals surface area contributed by atoms with E-state index in [0.29, 0.717) is 35.2 Å². The lowest BCUT2D eigenvalue weighted by atomic mass is 9.89. The van der Waals surface area contributed by atoms with Crippen LogP contribution in [-0.4, -0.2) is 41.2 Å². The highest BCUT2D eigenvalue weighted by atomic mass is 32.2. The van der Waals surface area contributed by atoms with E-state index >= 15 is 0 Å². The average molecular weight is 486 g/mol. The van der Waals surface area contributed by atoms with Crippen LogP contribution in [-0.2, 0) is 6.42 Å². The van der Waals surface area contributed by atoms with Crippen LogP contribution in [0.1, 0.15) is 49.7 Å². The van der Waals surface area contributed by atoms with Gasteiger partial charge in [0.2, 0.25) is 5.95 Å². The number of rotatable bonds is 7. The van der Waals surface area contributed by atoms with Crippen LogP contribution in [0.15, 0.2) is 36.7 Å². The quantitative estimate of drug-likeness (QED) is 0.448. The molecular formula is C27H33F2N3OS. The van der Waals surface area contributed by atoms with E-state index in [9.17, 15) is 8.78 Å². The SMILES string of the molecule is CCc1cnc(N2CC3CC(COc4c(F)cc(C5C=CC(SC)CC5)cc4F)C[C@@H]3C2)nc1. The molecule has 1 aliphatic heterocycles. The number of hydrogen-bond acceptors (Lipinski definition) is 5. The third kappa shape index (κ3) is 4.95. The van der Waals surface area contributed by atoms with Gasteiger partial charge in [-0.1, -0.05) is 19.1 Å². The van der Waals surface area contributed by atoms with Crippen molar-refractivity contribution in [3.8, 4) is 5.75 Å². The summed E-state index contributed by atoms with van der Waals surface area (Å²) in [6.07, 6.45) is 15.1. The third-order valence-corrected chi connectivity index (χ3v) is 8.76. The van der Waals surface area contributed by atoms with Crippen molar-refractivity contribution in [2.45, 2.75) is 50.2 Å². The van der Waals surface area contributed by atoms with Crippen molar-refractivity contribution in [2.24, 2.45) is 17.8 Å². The molecule has 1 saturated carbocycles. The fourth-order valence-electron chi connectivity index (χ4n) is 5.82. The monoisotopic (exact) mass is 485 g/mol. The summed E-state index contributed by atoms with van der Waals surface area (Å²) >= 11 is 1.81. The van der Waals surface area contributed by atoms with Gasteiger partial charge in [-0.25, -0.2) is 18.7 Å². The number of hydrogen-bond donors (Lipinski definition) is 0. The minimum atomic E-state index is -0.590. The highest BCUT2D eigenvalue weighted by molar-refractivity contribution is 7.99. The Labute approximate surface area is 205 Å². The second kappa shape index (κ2) is 10.2. The van der Waals surface area contributed by atoms with E-state index in [2.05, 4.69) is 40.2 Å². The molecule has 2 aliphatic carbocycles. The molecule has 182 valence electrons. The highest BCUT2D eigenvalue weighted by Gasteiger charge is 2.42. The second-order valence-corrected chi connectivity index (χ2v) is 11.1. The van der Waals surface area contributed by atoms with E-state index in [4.69, 9.17) is 4.74 Å². The molecule has 1 aromatic carbocycles. The summed E-state index contributed by atoms with van der Waals surface area (Å²) in [4.78, 5) is 11.3. The van der Waals surface area contributed by atoms with Gasteiger partial charge in [0.25, 0.3) is 0 Å². The number of aromatic nitrogens is 2. The largest absolute Gasteiger partial charge is 0.487 e. The molecule has 0 radical (unpaired) electrons. The Hall–Kier alpha value is -2.15. The highest BCUT2D eigenvalue weighted by Crippen LogP contribution is 2.43. The maximum atomic E-state index is 14.8. The first-order valence-electron chi connectivity index (χ1n) is 12.4. The van der Waals surface area contributed by atoms with Gasteiger partial charge in [0.1, 0.15) is 0 Å². The lowest BCUT2D eigenvalue weighted by molar-refractivity contribution is 0.226. The van der Waals surface area contributed by atoms with Crippen LogP contribution < -0.4 is 9.64 Å². The summed E-state index contributed by atoms with van der Waals surface area (Å²) in [5, 5.41) is 0.501. The summed E-state index contributed by atoms with van der Waals surface area (Å²) in [6.45, 7) is 4.34. The number of benzene rings is 1. The number of thioether (sulfide) groups is 1. The minimum absolute atomic E-state index is 0.0701. The van der Waals surface area contributed by atoms with Crippen LogP contribution in [0.3, 0.4) is 0 Å². The Morgan fingerprint density at radius 1 is 1.03 bits per heavy atom. The van der Waals surface area contributed by atoms with Gasteiger partial charge in [0.15, 0.2) is 17.4 Å². The van der Waals surface area contributed by atoms with Crippen molar-refractivity contribution in [1.82, 2.24) is 9.97 Å². The van der Waals surface area contributed by atoms with Crippen LogP contribution in [0.2, 0.25) is 0 Å². The molecule has 7 heteroatoms. The molecule has 0 N–H and O–H groups in total. The predicted octanol–water partition coefficient (Wildman–Crippen LogP) is 6.02. The van der Waals surface area contributed by atoms with E-state index < -0.39 is 11.6 Å². The van der Waals surface area contributed by atoms with Crippen molar-refractivity contribution >= 4 is 17.7 Å². The fraction of sp³-hybridized carbons (Fsp3) is 0.556. The van der Waals surface area contributed by atoms with Crippen LogP contribution in [0.4, 0.5) is 14.7 Å². The Balaban J connectivity index is 1.15. The van der Waals surface area contributed by atoms with Gasteiger partial charge in [-0.3, -0.25) is 0 Å². The fourth-order valence-corrected chi connectivity index (χ4v) is 6.44. The van der Waals surface area contributed by atoms with Crippen LogP contribution in [0.25, 0.3) is 0 Å². The molecule has 34 heavy (non-hydrogen) atoms. The van der Waals surface area contributed by atoms with Crippen LogP contribution in [0, 0.1) is 29.4 Å². The van der Waals surface area contributed by atoms with Gasteiger partial charge in [0.05, 0.1) is 6.61 Å². The summed E-state index contributed by atoms with van der Waals surface area (Å²) in [6, 6.07) is 2.91. The summed E-state index contributed by atoms with van der Waals surface area (Å²) in [7, 11) is 0. The molecule has 0 bridgehead atoms. The Kier molecular flexibility index (Phi) is 7.09. The van der Waals surface area contributed by atoms with Gasteiger partial charge < -0.3 is 9.64 Å². The first-order chi connectivity index (χ1) is 16.5. The zero-order valence-corrected chi connectivity index (χ0v) is 20.7. The number of allylic oxidation sites excluding steroid dienone is 1. The maximum Gasteiger partial charge on any atom is 0.225 e. The molecule has 2 heterocycles. The number of anilines is 1. The van der Waals surface area contributed by atoms with Crippen molar-refractivity contribution in [1.29, 1.82) is 0 Å². The molecule has 1 saturated heterocycles. The summed E-state index contributed by atoms with van der Waals surface area (Å²) in [5.41, 5.74) is 1.84. The zero-order chi connectivity index (χ0) is 23.7. The molecule has 0 amide bonds. The second-order valence-electron chi connectivity index (χ2n) is 9.98. The van der Waals surface area contributed by atoms with E-state index in [1.165, 1.54) is 12.1 Å². The molecule has 4 unspecified atom stereocenters. The third-order valence-electron chi connectivity index (χ3n) is 7.77. The molecule has 5 atom stereocenters. The first-order valence-corrected chi connectivity index (χ1v) is 13.7. The van der Waals surface area contributed by atoms with E-state index in [1.54, 1.807) is 0 Å². The molecular weight excluding hydrogens is 452 g/mol. The van der Waals surface area contributed by atoms with E-state index in [0.717, 1.165) is 56.7 Å². The summed E-state index contributed by atoms with van der Waals surface area (Å²) < 4.78 is 35.3. The molecule has 1 aromatic heterocycles. The van der Waals surface area contributed by atoms with Crippen molar-refractivity contribution in [3.05, 3.63) is 59.4 Å². The topological polar surface area (TPSA) is 38.2 Å². The maximum absolute atomic E-state index is 14.8. The van der Waals surface area contributed by atoms with Gasteiger partial charge >= 0.3 is 0 Å². The van der Waals surface area contributed by atoms with Crippen LogP contribution in [0.5, 0.6) is 5.75 Å². The average Bonchev–Trinajstić information content (AvgIpc) is 3.42. The van der Waals surface area contributed by atoms with E-state index in [-0.39, 0.29) is 11.7 Å². The van der Waals surface area contributed by atoms with Gasteiger partial charge in [-0.05, 0) is 79.4 Å². The minimum Gasteiger partial charge on any atom is -0.487 e. The standard InChI is InChI=1S/C27H33F2N3OS/c1-3-17-12-30-27(31-13-17)32-14-21-8-18(9-22(21)15-32)16-33-26-24(28)10-20(11-25(26)29)19-4-6-23(34-2)7-5-19/h4,6,10-13,18-19,21-23H,3,5,7-9,14-16H2,1-2H3/t18?,19?,21-,22?,23?/m1/s1. The molecule has 5 rings (SSSR count). The Morgan fingerprint density at radius 2 is 1.71 bits per heavy atom. The summed E-state index contributed by atoms with van der Waals surface area (Å²) in [5.74, 6) is 0.907. The lowest BCUT2D eigenvalue weighted by Crippen LogP contribution is -2.24. The number of nitrogens with zero attached hydrogens (tertiary/aromatic N) is 3. The van der Waals surface area contributed by atoms with Gasteiger partial charge in [-0.15, -0.1) is 0 Å². The zero-order valence-electron chi connectivity index (χ0n) is 19.9. The first kappa shape index (κ1) is 23.6. The Morgan fingerprint density at radius 3 is 2.26 bits per heavy atom.